The fourth-order valence-corrected chi connectivity index (χ4v) is 2.04. The highest BCUT2D eigenvalue weighted by atomic mass is 19.1. The lowest BCUT2D eigenvalue weighted by atomic mass is 9.98. The molecule has 1 heterocycles. The van der Waals surface area contributed by atoms with Crippen LogP contribution in [0, 0.1) is 11.6 Å². The predicted molar refractivity (Wildman–Crippen MR) is 76.9 cm³/mol. The maximum Gasteiger partial charge on any atom is 0.172 e. The minimum atomic E-state index is -0.857. The quantitative estimate of drug-likeness (QED) is 0.896. The third kappa shape index (κ3) is 3.02. The molecule has 1 aromatic carbocycles. The Hall–Kier alpha value is -2.43. The van der Waals surface area contributed by atoms with Crippen LogP contribution in [0.3, 0.4) is 0 Å². The summed E-state index contributed by atoms with van der Waals surface area (Å²) in [6, 6.07) is 3.88. The number of halogens is 2. The van der Waals surface area contributed by atoms with E-state index in [0.717, 1.165) is 0 Å². The molecule has 2 rings (SSSR count). The van der Waals surface area contributed by atoms with E-state index in [2.05, 4.69) is 4.98 Å². The number of rotatable bonds is 3. The van der Waals surface area contributed by atoms with Crippen LogP contribution in [-0.4, -0.2) is 15.2 Å². The molecule has 0 aliphatic heterocycles. The zero-order valence-electron chi connectivity index (χ0n) is 11.6. The number of phenolic OH excluding ortho intramolecular Hbond substituents is 2. The van der Waals surface area contributed by atoms with Gasteiger partial charge < -0.3 is 10.2 Å². The lowest BCUT2D eigenvalue weighted by Crippen LogP contribution is -1.95. The highest BCUT2D eigenvalue weighted by Gasteiger charge is 2.18. The van der Waals surface area contributed by atoms with Gasteiger partial charge in [0, 0.05) is 17.3 Å². The highest BCUT2D eigenvalue weighted by molar-refractivity contribution is 5.71. The Bertz CT molecular complexity index is 697. The van der Waals surface area contributed by atoms with Crippen LogP contribution in [0.5, 0.6) is 11.5 Å². The van der Waals surface area contributed by atoms with Gasteiger partial charge in [-0.25, -0.2) is 8.78 Å². The second-order valence-electron chi connectivity index (χ2n) is 4.92. The summed E-state index contributed by atoms with van der Waals surface area (Å²) < 4.78 is 27.5. The molecule has 0 aliphatic rings. The molecule has 0 saturated carbocycles. The first-order chi connectivity index (χ1) is 9.91. The van der Waals surface area contributed by atoms with Crippen molar-refractivity contribution in [3.8, 4) is 11.5 Å². The third-order valence-corrected chi connectivity index (χ3v) is 3.07. The van der Waals surface area contributed by atoms with Crippen LogP contribution in [0.2, 0.25) is 0 Å². The first-order valence-electron chi connectivity index (χ1n) is 6.44. The standard InChI is InChI=1S/C16H15F2NO2/c1-9(2)14-13(20)8-10(15(18)16(14)21)5-6-12-11(17)4-3-7-19-12/h3-9,20-21H,1-2H3. The van der Waals surface area contributed by atoms with E-state index in [9.17, 15) is 19.0 Å². The molecule has 2 N–H and O–H groups in total. The highest BCUT2D eigenvalue weighted by Crippen LogP contribution is 2.38. The fraction of sp³-hybridized carbons (Fsp3) is 0.188. The number of aromatic nitrogens is 1. The van der Waals surface area contributed by atoms with Crippen molar-refractivity contribution in [2.75, 3.05) is 0 Å². The van der Waals surface area contributed by atoms with Gasteiger partial charge in [0.2, 0.25) is 0 Å². The van der Waals surface area contributed by atoms with Crippen molar-refractivity contribution in [1.82, 2.24) is 4.98 Å². The van der Waals surface area contributed by atoms with E-state index in [1.807, 2.05) is 0 Å². The Kier molecular flexibility index (Phi) is 4.21. The summed E-state index contributed by atoms with van der Waals surface area (Å²) in [6.45, 7) is 3.46. The number of benzene rings is 1. The third-order valence-electron chi connectivity index (χ3n) is 3.07. The number of aromatic hydroxyl groups is 2. The van der Waals surface area contributed by atoms with Crippen LogP contribution in [0.15, 0.2) is 24.4 Å². The van der Waals surface area contributed by atoms with Gasteiger partial charge in [0.25, 0.3) is 0 Å². The van der Waals surface area contributed by atoms with Crippen molar-refractivity contribution in [2.24, 2.45) is 0 Å². The molecule has 0 saturated heterocycles. The van der Waals surface area contributed by atoms with Gasteiger partial charge >= 0.3 is 0 Å². The first-order valence-corrected chi connectivity index (χ1v) is 6.44. The molecule has 0 atom stereocenters. The van der Waals surface area contributed by atoms with E-state index in [-0.39, 0.29) is 28.5 Å². The Morgan fingerprint density at radius 1 is 1.19 bits per heavy atom. The molecule has 5 heteroatoms. The molecule has 2 aromatic rings. The molecular formula is C16H15F2NO2. The Balaban J connectivity index is 2.45. The van der Waals surface area contributed by atoms with Crippen molar-refractivity contribution >= 4 is 12.2 Å². The molecule has 0 amide bonds. The largest absolute Gasteiger partial charge is 0.507 e. The van der Waals surface area contributed by atoms with E-state index in [1.165, 1.54) is 36.5 Å². The Morgan fingerprint density at radius 2 is 1.90 bits per heavy atom. The van der Waals surface area contributed by atoms with Gasteiger partial charge in [0.15, 0.2) is 11.6 Å². The second-order valence-corrected chi connectivity index (χ2v) is 4.92. The molecule has 0 spiro atoms. The van der Waals surface area contributed by atoms with Gasteiger partial charge in [-0.2, -0.15) is 0 Å². The van der Waals surface area contributed by atoms with Crippen LogP contribution >= 0.6 is 0 Å². The lowest BCUT2D eigenvalue weighted by Gasteiger charge is -2.13. The van der Waals surface area contributed by atoms with Crippen LogP contribution in [-0.2, 0) is 0 Å². The number of hydrogen-bond donors (Lipinski definition) is 2. The molecule has 0 unspecified atom stereocenters. The second kappa shape index (κ2) is 5.91. The lowest BCUT2D eigenvalue weighted by molar-refractivity contribution is 0.404. The van der Waals surface area contributed by atoms with Crippen LogP contribution in [0.4, 0.5) is 8.78 Å². The number of phenols is 2. The predicted octanol–water partition coefficient (Wildman–Crippen LogP) is 4.06. The Morgan fingerprint density at radius 3 is 2.52 bits per heavy atom. The molecule has 0 fully saturated rings. The van der Waals surface area contributed by atoms with E-state index < -0.39 is 17.4 Å². The van der Waals surface area contributed by atoms with E-state index in [1.54, 1.807) is 13.8 Å². The number of hydrogen-bond acceptors (Lipinski definition) is 3. The summed E-state index contributed by atoms with van der Waals surface area (Å²) in [5, 5.41) is 19.7. The maximum absolute atomic E-state index is 14.1. The van der Waals surface area contributed by atoms with Crippen molar-refractivity contribution < 1.29 is 19.0 Å². The molecule has 110 valence electrons. The SMILES string of the molecule is CC(C)c1c(O)cc(C=Cc2ncccc2F)c(F)c1O. The minimum absolute atomic E-state index is 0.0422. The van der Waals surface area contributed by atoms with Crippen LogP contribution in [0.25, 0.3) is 12.2 Å². The number of pyridine rings is 1. The maximum atomic E-state index is 14.1. The molecule has 1 aromatic heterocycles. The van der Waals surface area contributed by atoms with Crippen molar-refractivity contribution in [3.05, 3.63) is 52.9 Å². The summed E-state index contributed by atoms with van der Waals surface area (Å²) in [6.07, 6.45) is 3.95. The number of nitrogens with zero attached hydrogens (tertiary/aromatic N) is 1. The van der Waals surface area contributed by atoms with Gasteiger partial charge in [0.05, 0.1) is 5.69 Å². The van der Waals surface area contributed by atoms with Gasteiger partial charge in [-0.1, -0.05) is 13.8 Å². The molecule has 3 nitrogen and oxygen atoms in total. The van der Waals surface area contributed by atoms with Crippen molar-refractivity contribution in [1.29, 1.82) is 0 Å². The van der Waals surface area contributed by atoms with Gasteiger partial charge in [-0.15, -0.1) is 0 Å². The fourth-order valence-electron chi connectivity index (χ4n) is 2.04. The minimum Gasteiger partial charge on any atom is -0.507 e. The topological polar surface area (TPSA) is 53.4 Å². The summed E-state index contributed by atoms with van der Waals surface area (Å²) >= 11 is 0. The Labute approximate surface area is 121 Å². The summed E-state index contributed by atoms with van der Waals surface area (Å²) in [4.78, 5) is 3.80. The van der Waals surface area contributed by atoms with E-state index in [0.29, 0.717) is 0 Å². The zero-order valence-corrected chi connectivity index (χ0v) is 11.6. The monoisotopic (exact) mass is 291 g/mol. The molecular weight excluding hydrogens is 276 g/mol. The summed E-state index contributed by atoms with van der Waals surface area (Å²) in [7, 11) is 0. The van der Waals surface area contributed by atoms with Crippen molar-refractivity contribution in [2.45, 2.75) is 19.8 Å². The zero-order chi connectivity index (χ0) is 15.6. The summed E-state index contributed by atoms with van der Waals surface area (Å²) in [5.41, 5.74) is 0.150. The van der Waals surface area contributed by atoms with E-state index >= 15 is 0 Å². The van der Waals surface area contributed by atoms with Gasteiger partial charge in [-0.05, 0) is 36.3 Å². The molecule has 21 heavy (non-hydrogen) atoms. The van der Waals surface area contributed by atoms with Gasteiger partial charge in [-0.3, -0.25) is 4.98 Å². The van der Waals surface area contributed by atoms with E-state index in [4.69, 9.17) is 0 Å². The average molecular weight is 291 g/mol. The average Bonchev–Trinajstić information content (AvgIpc) is 2.42. The van der Waals surface area contributed by atoms with Crippen LogP contribution in [0.1, 0.15) is 36.6 Å². The van der Waals surface area contributed by atoms with Gasteiger partial charge in [0.1, 0.15) is 11.6 Å². The molecule has 0 bridgehead atoms. The first kappa shape index (κ1) is 15.0. The normalized spacial score (nSPS) is 11.5. The van der Waals surface area contributed by atoms with Crippen LogP contribution < -0.4 is 0 Å². The molecule has 0 radical (unpaired) electrons. The smallest absolute Gasteiger partial charge is 0.172 e. The summed E-state index contributed by atoms with van der Waals surface area (Å²) in [5.74, 6) is -2.42. The van der Waals surface area contributed by atoms with Crippen molar-refractivity contribution in [3.63, 3.8) is 0 Å². The molecule has 0 aliphatic carbocycles.